The highest BCUT2D eigenvalue weighted by Gasteiger charge is 2.30. The molecule has 1 atom stereocenters. The van der Waals surface area contributed by atoms with Gasteiger partial charge in [0.2, 0.25) is 0 Å². The molecule has 1 N–H and O–H groups in total. The summed E-state index contributed by atoms with van der Waals surface area (Å²) >= 11 is 0. The Morgan fingerprint density at radius 1 is 1.17 bits per heavy atom. The second-order valence-electron chi connectivity index (χ2n) is 7.45. The van der Waals surface area contributed by atoms with Gasteiger partial charge in [0.25, 0.3) is 0 Å². The number of ether oxygens (including phenoxy) is 1. The van der Waals surface area contributed by atoms with E-state index in [0.29, 0.717) is 6.04 Å². The van der Waals surface area contributed by atoms with Crippen LogP contribution in [0.15, 0.2) is 18.2 Å². The molecule has 0 aromatic heterocycles. The lowest BCUT2D eigenvalue weighted by molar-refractivity contribution is 0.0175. The number of aliphatic hydroxyl groups is 1. The third-order valence-corrected chi connectivity index (χ3v) is 5.04. The summed E-state index contributed by atoms with van der Waals surface area (Å²) in [7, 11) is 2.22. The van der Waals surface area contributed by atoms with Crippen molar-refractivity contribution in [1.29, 1.82) is 0 Å². The minimum atomic E-state index is 0.0249. The molecular weight excluding hydrogens is 302 g/mol. The molecule has 1 aromatic carbocycles. The van der Waals surface area contributed by atoms with E-state index < -0.39 is 0 Å². The minimum absolute atomic E-state index is 0.0249. The first-order valence-corrected chi connectivity index (χ1v) is 9.09. The Bertz CT molecular complexity index is 549. The monoisotopic (exact) mass is 333 g/mol. The summed E-state index contributed by atoms with van der Waals surface area (Å²) in [6.45, 7) is 12.0. The van der Waals surface area contributed by atoms with E-state index in [4.69, 9.17) is 4.74 Å². The molecule has 0 aliphatic carbocycles. The predicted molar refractivity (Wildman–Crippen MR) is 96.3 cm³/mol. The highest BCUT2D eigenvalue weighted by molar-refractivity contribution is 5.37. The maximum absolute atomic E-state index is 9.64. The van der Waals surface area contributed by atoms with Crippen LogP contribution in [0.2, 0.25) is 0 Å². The van der Waals surface area contributed by atoms with E-state index >= 15 is 0 Å². The molecule has 0 unspecified atom stereocenters. The van der Waals surface area contributed by atoms with Crippen LogP contribution >= 0.6 is 0 Å². The van der Waals surface area contributed by atoms with Gasteiger partial charge in [-0.3, -0.25) is 9.80 Å². The van der Waals surface area contributed by atoms with E-state index in [2.05, 4.69) is 33.9 Å². The molecule has 1 aromatic rings. The van der Waals surface area contributed by atoms with Crippen molar-refractivity contribution in [2.75, 3.05) is 46.3 Å². The maximum Gasteiger partial charge on any atom is 0.125 e. The smallest absolute Gasteiger partial charge is 0.125 e. The van der Waals surface area contributed by atoms with E-state index in [9.17, 15) is 5.11 Å². The van der Waals surface area contributed by atoms with E-state index in [-0.39, 0.29) is 12.7 Å². The van der Waals surface area contributed by atoms with Crippen molar-refractivity contribution in [2.45, 2.75) is 39.1 Å². The fraction of sp³-hybridized carbons (Fsp3) is 0.684. The molecule has 2 heterocycles. The van der Waals surface area contributed by atoms with Crippen LogP contribution in [0.25, 0.3) is 0 Å². The van der Waals surface area contributed by atoms with Gasteiger partial charge in [0.15, 0.2) is 0 Å². The Hall–Kier alpha value is -1.14. The summed E-state index contributed by atoms with van der Waals surface area (Å²) in [5, 5.41) is 9.64. The average Bonchev–Trinajstić information content (AvgIpc) is 2.55. The van der Waals surface area contributed by atoms with Crippen molar-refractivity contribution in [2.24, 2.45) is 0 Å². The van der Waals surface area contributed by atoms with Crippen LogP contribution in [-0.2, 0) is 13.2 Å². The van der Waals surface area contributed by atoms with Crippen LogP contribution in [0.5, 0.6) is 5.75 Å². The Labute approximate surface area is 145 Å². The molecule has 24 heavy (non-hydrogen) atoms. The average molecular weight is 333 g/mol. The Balaban J connectivity index is 1.63. The zero-order chi connectivity index (χ0) is 17.1. The third-order valence-electron chi connectivity index (χ3n) is 5.04. The number of hydrogen-bond donors (Lipinski definition) is 1. The lowest BCUT2D eigenvalue weighted by Gasteiger charge is -2.46. The van der Waals surface area contributed by atoms with Crippen LogP contribution in [0, 0.1) is 0 Å². The first-order valence-electron chi connectivity index (χ1n) is 9.09. The fourth-order valence-electron chi connectivity index (χ4n) is 3.80. The molecule has 0 bridgehead atoms. The molecule has 0 amide bonds. The molecule has 3 rings (SSSR count). The van der Waals surface area contributed by atoms with Gasteiger partial charge in [0.05, 0.1) is 12.7 Å². The largest absolute Gasteiger partial charge is 0.491 e. The quantitative estimate of drug-likeness (QED) is 0.882. The van der Waals surface area contributed by atoms with Gasteiger partial charge in [-0.15, -0.1) is 0 Å². The highest BCUT2D eigenvalue weighted by atomic mass is 16.5. The number of hydrogen-bond acceptors (Lipinski definition) is 5. The Morgan fingerprint density at radius 3 is 2.71 bits per heavy atom. The van der Waals surface area contributed by atoms with Crippen LogP contribution in [-0.4, -0.2) is 78.3 Å². The Kier molecular flexibility index (Phi) is 5.76. The van der Waals surface area contributed by atoms with E-state index in [0.717, 1.165) is 30.9 Å². The first kappa shape index (κ1) is 17.7. The van der Waals surface area contributed by atoms with Gasteiger partial charge in [0.1, 0.15) is 5.75 Å². The van der Waals surface area contributed by atoms with Crippen LogP contribution in [0.3, 0.4) is 0 Å². The molecule has 134 valence electrons. The van der Waals surface area contributed by atoms with Gasteiger partial charge in [-0.1, -0.05) is 6.07 Å². The summed E-state index contributed by atoms with van der Waals surface area (Å²) in [6.07, 6.45) is 0.123. The number of aliphatic hydroxyl groups excluding tert-OH is 1. The topological polar surface area (TPSA) is 39.2 Å². The van der Waals surface area contributed by atoms with Crippen LogP contribution in [0.1, 0.15) is 25.0 Å². The van der Waals surface area contributed by atoms with E-state index in [1.165, 1.54) is 31.7 Å². The lowest BCUT2D eigenvalue weighted by Crippen LogP contribution is -2.61. The molecule has 2 saturated heterocycles. The van der Waals surface area contributed by atoms with Crippen molar-refractivity contribution in [3.05, 3.63) is 29.3 Å². The van der Waals surface area contributed by atoms with Crippen molar-refractivity contribution in [3.63, 3.8) is 0 Å². The molecule has 0 saturated carbocycles. The highest BCUT2D eigenvalue weighted by Crippen LogP contribution is 2.23. The number of benzene rings is 1. The standard InChI is InChI=1S/C19H31N3O2/c1-15(2)24-19-5-4-16(10-17(19)14-23)11-21-7-9-22-8-6-20(3)12-18(22)13-21/h4-5,10,15,18,23H,6-9,11-14H2,1-3H3/t18-/m0/s1. The molecule has 0 spiro atoms. The van der Waals surface area contributed by atoms with E-state index in [1.807, 2.05) is 19.9 Å². The summed E-state index contributed by atoms with van der Waals surface area (Å²) in [5.41, 5.74) is 2.14. The number of fused-ring (bicyclic) bond motifs is 1. The van der Waals surface area contributed by atoms with Crippen LogP contribution < -0.4 is 4.74 Å². The van der Waals surface area contributed by atoms with E-state index in [1.54, 1.807) is 0 Å². The molecule has 2 fully saturated rings. The zero-order valence-electron chi connectivity index (χ0n) is 15.2. The Morgan fingerprint density at radius 2 is 1.96 bits per heavy atom. The number of nitrogens with zero attached hydrogens (tertiary/aromatic N) is 3. The molecule has 0 radical (unpaired) electrons. The van der Waals surface area contributed by atoms with Gasteiger partial charge >= 0.3 is 0 Å². The molecule has 2 aliphatic heterocycles. The minimum Gasteiger partial charge on any atom is -0.491 e. The van der Waals surface area contributed by atoms with Gasteiger partial charge < -0.3 is 14.7 Å². The normalized spacial score (nSPS) is 23.5. The fourth-order valence-corrected chi connectivity index (χ4v) is 3.80. The van der Waals surface area contributed by atoms with Gasteiger partial charge in [-0.05, 0) is 38.6 Å². The van der Waals surface area contributed by atoms with Crippen LogP contribution in [0.4, 0.5) is 0 Å². The second-order valence-corrected chi connectivity index (χ2v) is 7.45. The molecular formula is C19H31N3O2. The molecule has 5 nitrogen and oxygen atoms in total. The van der Waals surface area contributed by atoms with Crippen molar-refractivity contribution in [1.82, 2.24) is 14.7 Å². The van der Waals surface area contributed by atoms with Gasteiger partial charge in [-0.2, -0.15) is 0 Å². The SMILES string of the molecule is CC(C)Oc1ccc(CN2CCN3CCN(C)C[C@H]3C2)cc1CO. The van der Waals surface area contributed by atoms with Crippen molar-refractivity contribution in [3.8, 4) is 5.75 Å². The summed E-state index contributed by atoms with van der Waals surface area (Å²) in [6, 6.07) is 6.89. The molecule has 2 aliphatic rings. The predicted octanol–water partition coefficient (Wildman–Crippen LogP) is 1.40. The lowest BCUT2D eigenvalue weighted by atomic mass is 10.1. The van der Waals surface area contributed by atoms with Gasteiger partial charge in [-0.25, -0.2) is 0 Å². The third kappa shape index (κ3) is 4.28. The number of piperazine rings is 2. The second kappa shape index (κ2) is 7.83. The summed E-state index contributed by atoms with van der Waals surface area (Å²) in [5.74, 6) is 0.801. The summed E-state index contributed by atoms with van der Waals surface area (Å²) < 4.78 is 5.78. The van der Waals surface area contributed by atoms with Crippen molar-refractivity contribution < 1.29 is 9.84 Å². The molecule has 5 heteroatoms. The van der Waals surface area contributed by atoms with Gasteiger partial charge in [0, 0.05) is 57.4 Å². The first-order chi connectivity index (χ1) is 11.5. The van der Waals surface area contributed by atoms with Crippen molar-refractivity contribution >= 4 is 0 Å². The number of likely N-dealkylation sites (N-methyl/N-ethyl adjacent to an activating group) is 1. The summed E-state index contributed by atoms with van der Waals surface area (Å²) in [4.78, 5) is 7.61. The number of rotatable bonds is 5. The maximum atomic E-state index is 9.64. The zero-order valence-corrected chi connectivity index (χ0v) is 15.2.